The van der Waals surface area contributed by atoms with Crippen LogP contribution in [0.3, 0.4) is 0 Å². The van der Waals surface area contributed by atoms with Gasteiger partial charge in [-0.05, 0) is 43.7 Å². The van der Waals surface area contributed by atoms with Crippen LogP contribution in [0.15, 0.2) is 34.3 Å². The smallest absolute Gasteiger partial charge is 0.295 e. The second-order valence-corrected chi connectivity index (χ2v) is 7.17. The first-order valence-electron chi connectivity index (χ1n) is 8.98. The molecule has 2 heterocycles. The molecule has 1 aromatic heterocycles. The zero-order valence-electron chi connectivity index (χ0n) is 16.6. The highest BCUT2D eigenvalue weighted by Crippen LogP contribution is 2.42. The van der Waals surface area contributed by atoms with Gasteiger partial charge in [0.2, 0.25) is 0 Å². The monoisotopic (exact) mass is 419 g/mol. The van der Waals surface area contributed by atoms with Gasteiger partial charge in [0, 0.05) is 13.7 Å². The quantitative estimate of drug-likeness (QED) is 0.437. The summed E-state index contributed by atoms with van der Waals surface area (Å²) >= 11 is 6.25. The van der Waals surface area contributed by atoms with Crippen molar-refractivity contribution in [1.82, 2.24) is 4.90 Å². The van der Waals surface area contributed by atoms with E-state index in [9.17, 15) is 14.7 Å². The molecule has 1 aliphatic rings. The van der Waals surface area contributed by atoms with Crippen LogP contribution in [0.1, 0.15) is 28.7 Å². The van der Waals surface area contributed by atoms with Crippen LogP contribution in [0.25, 0.3) is 5.76 Å². The number of likely N-dealkylation sites (tertiary alicyclic amines) is 1. The Kier molecular flexibility index (Phi) is 6.00. The molecule has 0 spiro atoms. The van der Waals surface area contributed by atoms with Crippen LogP contribution in [0.5, 0.6) is 5.75 Å². The molecule has 154 valence electrons. The molecular formula is C21H22ClNO6. The highest BCUT2D eigenvalue weighted by molar-refractivity contribution is 6.46. The zero-order chi connectivity index (χ0) is 21.3. The van der Waals surface area contributed by atoms with Gasteiger partial charge < -0.3 is 23.9 Å². The van der Waals surface area contributed by atoms with Crippen molar-refractivity contribution in [2.24, 2.45) is 0 Å². The summed E-state index contributed by atoms with van der Waals surface area (Å²) in [6, 6.07) is 5.85. The number of benzene rings is 1. The summed E-state index contributed by atoms with van der Waals surface area (Å²) in [6.07, 6.45) is 0. The van der Waals surface area contributed by atoms with Gasteiger partial charge in [-0.2, -0.15) is 0 Å². The average Bonchev–Trinajstić information content (AvgIpc) is 3.20. The first kappa shape index (κ1) is 21.0. The molecule has 2 aromatic rings. The molecule has 1 atom stereocenters. The van der Waals surface area contributed by atoms with Crippen molar-refractivity contribution >= 4 is 29.1 Å². The number of aryl methyl sites for hydroxylation is 2. The van der Waals surface area contributed by atoms with Crippen LogP contribution in [0.4, 0.5) is 0 Å². The van der Waals surface area contributed by atoms with Crippen molar-refractivity contribution in [3.05, 3.63) is 57.5 Å². The van der Waals surface area contributed by atoms with E-state index in [1.54, 1.807) is 38.1 Å². The first-order chi connectivity index (χ1) is 13.8. The fraction of sp³-hybridized carbons (Fsp3) is 0.333. The minimum atomic E-state index is -0.886. The minimum Gasteiger partial charge on any atom is -0.507 e. The summed E-state index contributed by atoms with van der Waals surface area (Å²) in [5.74, 6) is -0.708. The Morgan fingerprint density at radius 2 is 1.97 bits per heavy atom. The molecule has 0 aliphatic carbocycles. The van der Waals surface area contributed by atoms with Gasteiger partial charge in [0.1, 0.15) is 29.1 Å². The lowest BCUT2D eigenvalue weighted by molar-refractivity contribution is -0.140. The molecule has 0 radical (unpaired) electrons. The van der Waals surface area contributed by atoms with Crippen LogP contribution in [-0.2, 0) is 14.3 Å². The summed E-state index contributed by atoms with van der Waals surface area (Å²) in [4.78, 5) is 26.9. The van der Waals surface area contributed by atoms with Gasteiger partial charge in [-0.1, -0.05) is 11.6 Å². The highest BCUT2D eigenvalue weighted by Gasteiger charge is 2.47. The maximum atomic E-state index is 12.9. The Bertz CT molecular complexity index is 993. The van der Waals surface area contributed by atoms with E-state index in [0.29, 0.717) is 11.5 Å². The van der Waals surface area contributed by atoms with Gasteiger partial charge in [-0.15, -0.1) is 0 Å². The lowest BCUT2D eigenvalue weighted by Gasteiger charge is -2.23. The van der Waals surface area contributed by atoms with E-state index in [0.717, 1.165) is 5.56 Å². The topological polar surface area (TPSA) is 89.2 Å². The number of aliphatic hydroxyl groups excluding tert-OH is 1. The van der Waals surface area contributed by atoms with Gasteiger partial charge in [0.25, 0.3) is 11.7 Å². The third kappa shape index (κ3) is 3.75. The molecule has 1 unspecified atom stereocenters. The number of aliphatic hydroxyl groups is 1. The number of halogens is 1. The number of carbonyl (C=O) groups excluding carboxylic acids is 2. The lowest BCUT2D eigenvalue weighted by atomic mass is 9.98. The second-order valence-electron chi connectivity index (χ2n) is 6.76. The molecule has 7 nitrogen and oxygen atoms in total. The summed E-state index contributed by atoms with van der Waals surface area (Å²) in [5.41, 5.74) is 0.910. The van der Waals surface area contributed by atoms with Crippen LogP contribution in [-0.4, -0.2) is 49.1 Å². The van der Waals surface area contributed by atoms with Crippen molar-refractivity contribution < 1.29 is 28.6 Å². The number of Topliss-reactive ketones (excluding diaryl/α,β-unsaturated/α-hetero) is 1. The van der Waals surface area contributed by atoms with Crippen molar-refractivity contribution in [3.8, 4) is 5.75 Å². The number of ketones is 1. The molecule has 0 saturated carbocycles. The fourth-order valence-corrected chi connectivity index (χ4v) is 3.80. The number of hydrogen-bond donors (Lipinski definition) is 1. The van der Waals surface area contributed by atoms with Crippen LogP contribution in [0, 0.1) is 13.8 Å². The van der Waals surface area contributed by atoms with E-state index >= 15 is 0 Å². The van der Waals surface area contributed by atoms with E-state index in [4.69, 9.17) is 25.5 Å². The third-order valence-corrected chi connectivity index (χ3v) is 5.03. The third-order valence-electron chi connectivity index (χ3n) is 4.75. The van der Waals surface area contributed by atoms with Crippen molar-refractivity contribution in [2.45, 2.75) is 19.9 Å². The van der Waals surface area contributed by atoms with Gasteiger partial charge >= 0.3 is 0 Å². The second kappa shape index (κ2) is 8.31. The molecule has 1 aliphatic heterocycles. The number of hydrogen-bond acceptors (Lipinski definition) is 6. The van der Waals surface area contributed by atoms with Crippen molar-refractivity contribution in [1.29, 1.82) is 0 Å². The average molecular weight is 420 g/mol. The standard InChI is InChI=1S/C21H22ClNO6/c1-11-9-13(20(28-4)14(22)10-11)18(24)16-17(15-6-5-12(2)29-15)23(7-8-27-3)21(26)19(16)25/h5-6,9-10,17,24H,7-8H2,1-4H3/b18-16+. The molecule has 3 rings (SSSR count). The summed E-state index contributed by atoms with van der Waals surface area (Å²) < 4.78 is 16.1. The van der Waals surface area contributed by atoms with Crippen LogP contribution < -0.4 is 4.74 Å². The zero-order valence-corrected chi connectivity index (χ0v) is 17.4. The maximum Gasteiger partial charge on any atom is 0.295 e. The Balaban J connectivity index is 2.24. The molecule has 1 amide bonds. The Morgan fingerprint density at radius 3 is 2.55 bits per heavy atom. The van der Waals surface area contributed by atoms with Gasteiger partial charge in [0.15, 0.2) is 0 Å². The maximum absolute atomic E-state index is 12.9. The van der Waals surface area contributed by atoms with E-state index in [1.165, 1.54) is 19.1 Å². The normalized spacial score (nSPS) is 18.5. The van der Waals surface area contributed by atoms with Crippen molar-refractivity contribution in [3.63, 3.8) is 0 Å². The van der Waals surface area contributed by atoms with Crippen LogP contribution >= 0.6 is 11.6 Å². The number of methoxy groups -OCH3 is 2. The van der Waals surface area contributed by atoms with E-state index < -0.39 is 17.7 Å². The van der Waals surface area contributed by atoms with Gasteiger partial charge in [0.05, 0.1) is 29.9 Å². The van der Waals surface area contributed by atoms with E-state index in [-0.39, 0.29) is 40.8 Å². The summed E-state index contributed by atoms with van der Waals surface area (Å²) in [5, 5.41) is 11.4. The lowest BCUT2D eigenvalue weighted by Crippen LogP contribution is -2.32. The van der Waals surface area contributed by atoms with Crippen molar-refractivity contribution in [2.75, 3.05) is 27.4 Å². The van der Waals surface area contributed by atoms with E-state index in [1.807, 2.05) is 0 Å². The molecule has 1 N–H and O–H groups in total. The molecule has 8 heteroatoms. The molecule has 1 aromatic carbocycles. The van der Waals surface area contributed by atoms with Gasteiger partial charge in [-0.3, -0.25) is 9.59 Å². The first-order valence-corrected chi connectivity index (χ1v) is 9.36. The number of rotatable bonds is 6. The van der Waals surface area contributed by atoms with Gasteiger partial charge in [-0.25, -0.2) is 0 Å². The van der Waals surface area contributed by atoms with E-state index in [2.05, 4.69) is 0 Å². The number of amides is 1. The Morgan fingerprint density at radius 1 is 1.24 bits per heavy atom. The fourth-order valence-electron chi connectivity index (χ4n) is 3.45. The molecule has 1 saturated heterocycles. The Hall–Kier alpha value is -2.77. The highest BCUT2D eigenvalue weighted by atomic mass is 35.5. The number of ether oxygens (including phenoxy) is 2. The summed E-state index contributed by atoms with van der Waals surface area (Å²) in [6.45, 7) is 3.94. The largest absolute Gasteiger partial charge is 0.507 e. The number of carbonyl (C=O) groups is 2. The molecule has 0 bridgehead atoms. The number of furan rings is 1. The molecule has 1 fully saturated rings. The minimum absolute atomic E-state index is 0.0829. The Labute approximate surface area is 173 Å². The molecular weight excluding hydrogens is 398 g/mol. The van der Waals surface area contributed by atoms with Crippen LogP contribution in [0.2, 0.25) is 5.02 Å². The SMILES string of the molecule is COCCN1C(=O)C(=O)/C(=C(/O)c2cc(C)cc(Cl)c2OC)C1c1ccc(C)o1. The molecule has 29 heavy (non-hydrogen) atoms. The summed E-state index contributed by atoms with van der Waals surface area (Å²) in [7, 11) is 2.92. The predicted octanol–water partition coefficient (Wildman–Crippen LogP) is 3.63. The number of nitrogens with zero attached hydrogens (tertiary/aromatic N) is 1. The predicted molar refractivity (Wildman–Crippen MR) is 107 cm³/mol.